The van der Waals surface area contributed by atoms with Gasteiger partial charge in [-0.25, -0.2) is 9.36 Å². The molecule has 0 bridgehead atoms. The third-order valence-corrected chi connectivity index (χ3v) is 4.49. The molecule has 1 saturated heterocycles. The van der Waals surface area contributed by atoms with Gasteiger partial charge in [-0.15, -0.1) is 0 Å². The van der Waals surface area contributed by atoms with E-state index in [0.717, 1.165) is 5.56 Å². The Hall–Kier alpha value is -1.81. The lowest BCUT2D eigenvalue weighted by Crippen LogP contribution is -2.25. The van der Waals surface area contributed by atoms with Crippen molar-refractivity contribution < 1.29 is 28.7 Å². The van der Waals surface area contributed by atoms with Gasteiger partial charge in [0, 0.05) is 12.0 Å². The predicted octanol–water partition coefficient (Wildman–Crippen LogP) is -0.175. The molecule has 0 saturated carbocycles. The van der Waals surface area contributed by atoms with Crippen LogP contribution in [0.25, 0.3) is 10.9 Å². The van der Waals surface area contributed by atoms with Gasteiger partial charge in [0.15, 0.2) is 0 Å². The maximum absolute atomic E-state index is 12.0. The van der Waals surface area contributed by atoms with E-state index in [1.165, 1.54) is 0 Å². The molecule has 2 heterocycles. The van der Waals surface area contributed by atoms with Crippen LogP contribution in [0.5, 0.6) is 0 Å². The molecule has 0 unspecified atom stereocenters. The van der Waals surface area contributed by atoms with Gasteiger partial charge in [-0.2, -0.15) is 0 Å². The Balaban J connectivity index is 1.96. The highest BCUT2D eigenvalue weighted by Crippen LogP contribution is 2.40. The third-order valence-electron chi connectivity index (χ3n) is 4.00. The average molecular weight is 372 g/mol. The maximum Gasteiger partial charge on any atom is 0.469 e. The fourth-order valence-electron chi connectivity index (χ4n) is 2.95. The second kappa shape index (κ2) is 6.49. The number of phosphoric ester groups is 1. The normalized spacial score (nSPS) is 24.1. The van der Waals surface area contributed by atoms with Crippen LogP contribution >= 0.6 is 7.82 Å². The lowest BCUT2D eigenvalue weighted by Gasteiger charge is -2.16. The van der Waals surface area contributed by atoms with Crippen LogP contribution < -0.4 is 11.2 Å². The summed E-state index contributed by atoms with van der Waals surface area (Å²) in [6.45, 7) is 1.29. The summed E-state index contributed by atoms with van der Waals surface area (Å²) in [5.41, 5.74) is 0.364. The molecule has 5 N–H and O–H groups in total. The minimum absolute atomic E-state index is 0.128. The first kappa shape index (κ1) is 18.0. The van der Waals surface area contributed by atoms with Crippen LogP contribution in [0.2, 0.25) is 0 Å². The lowest BCUT2D eigenvalue weighted by molar-refractivity contribution is -0.0218. The summed E-state index contributed by atoms with van der Waals surface area (Å²) in [5, 5.41) is 10.4. The number of aryl methyl sites for hydroxylation is 1. The van der Waals surface area contributed by atoms with E-state index in [9.17, 15) is 19.3 Å². The van der Waals surface area contributed by atoms with Crippen LogP contribution in [0.3, 0.4) is 0 Å². The van der Waals surface area contributed by atoms with Gasteiger partial charge < -0.3 is 24.6 Å². The molecule has 0 amide bonds. The number of hydrogen-bond acceptors (Lipinski definition) is 6. The van der Waals surface area contributed by atoms with Crippen molar-refractivity contribution in [2.24, 2.45) is 0 Å². The van der Waals surface area contributed by atoms with Gasteiger partial charge in [0.2, 0.25) is 0 Å². The quantitative estimate of drug-likeness (QED) is 0.462. The van der Waals surface area contributed by atoms with Crippen LogP contribution in [0.1, 0.15) is 23.7 Å². The van der Waals surface area contributed by atoms with Crippen molar-refractivity contribution in [2.45, 2.75) is 31.7 Å². The molecule has 25 heavy (non-hydrogen) atoms. The zero-order valence-corrected chi connectivity index (χ0v) is 14.0. The van der Waals surface area contributed by atoms with Crippen molar-refractivity contribution in [2.75, 3.05) is 6.61 Å². The van der Waals surface area contributed by atoms with Gasteiger partial charge in [-0.1, -0.05) is 6.07 Å². The zero-order chi connectivity index (χ0) is 18.4. The summed E-state index contributed by atoms with van der Waals surface area (Å²) < 4.78 is 20.8. The first-order chi connectivity index (χ1) is 11.6. The molecule has 10 nitrogen and oxygen atoms in total. The van der Waals surface area contributed by atoms with E-state index in [4.69, 9.17) is 14.5 Å². The van der Waals surface area contributed by atoms with E-state index in [2.05, 4.69) is 14.5 Å². The Morgan fingerprint density at radius 3 is 2.72 bits per heavy atom. The molecule has 1 aromatic heterocycles. The summed E-state index contributed by atoms with van der Waals surface area (Å²) in [7, 11) is -4.68. The Morgan fingerprint density at radius 1 is 1.32 bits per heavy atom. The molecule has 136 valence electrons. The van der Waals surface area contributed by atoms with E-state index in [-0.39, 0.29) is 11.8 Å². The van der Waals surface area contributed by atoms with Crippen molar-refractivity contribution in [3.63, 3.8) is 0 Å². The summed E-state index contributed by atoms with van der Waals surface area (Å²) in [6, 6.07) is 3.34. The van der Waals surface area contributed by atoms with Crippen LogP contribution in [-0.2, 0) is 13.8 Å². The van der Waals surface area contributed by atoms with Crippen molar-refractivity contribution in [3.8, 4) is 0 Å². The van der Waals surface area contributed by atoms with E-state index in [0.29, 0.717) is 11.1 Å². The van der Waals surface area contributed by atoms with Gasteiger partial charge in [0.05, 0.1) is 29.7 Å². The largest absolute Gasteiger partial charge is 0.469 e. The molecule has 1 aromatic carbocycles. The SMILES string of the molecule is Cc1cc([C@H]2C[C@H](O)[C@@H](COP(=O)(O)O)O2)c2[nH]c(=O)[nH]c(=O)c2c1. The van der Waals surface area contributed by atoms with Crippen LogP contribution in [0, 0.1) is 6.92 Å². The highest BCUT2D eigenvalue weighted by atomic mass is 31.2. The summed E-state index contributed by atoms with van der Waals surface area (Å²) in [4.78, 5) is 45.8. The molecule has 0 aliphatic carbocycles. The number of ether oxygens (including phenoxy) is 1. The molecule has 0 radical (unpaired) electrons. The summed E-state index contributed by atoms with van der Waals surface area (Å²) in [6.07, 6.45) is -2.49. The Labute approximate surface area is 140 Å². The lowest BCUT2D eigenvalue weighted by atomic mass is 9.99. The second-order valence-corrected chi connectivity index (χ2v) is 7.18. The number of fused-ring (bicyclic) bond motifs is 1. The zero-order valence-electron chi connectivity index (χ0n) is 13.1. The Morgan fingerprint density at radius 2 is 2.04 bits per heavy atom. The van der Waals surface area contributed by atoms with Crippen LogP contribution in [-0.4, -0.2) is 43.7 Å². The van der Waals surface area contributed by atoms with Crippen molar-refractivity contribution in [1.29, 1.82) is 0 Å². The molecule has 3 rings (SSSR count). The Bertz CT molecular complexity index is 961. The number of hydrogen-bond donors (Lipinski definition) is 5. The van der Waals surface area contributed by atoms with E-state index < -0.39 is 44.0 Å². The number of H-pyrrole nitrogens is 2. The van der Waals surface area contributed by atoms with Gasteiger partial charge >= 0.3 is 13.5 Å². The average Bonchev–Trinajstić information content (AvgIpc) is 2.85. The highest BCUT2D eigenvalue weighted by Gasteiger charge is 2.37. The number of aliphatic hydroxyl groups excluding tert-OH is 1. The highest BCUT2D eigenvalue weighted by molar-refractivity contribution is 7.46. The molecule has 0 spiro atoms. The standard InChI is InChI=1S/C14H17N2O8P/c1-6-2-7(12-8(3-6)13(18)16-14(19)15-12)10-4-9(17)11(24-10)5-23-25(20,21)22/h2-3,9-11,17H,4-5H2,1H3,(H2,20,21,22)(H2,15,16,18,19)/t9-,10+,11+/m0/s1. The monoisotopic (exact) mass is 372 g/mol. The second-order valence-electron chi connectivity index (χ2n) is 5.94. The number of aromatic amines is 2. The molecule has 1 fully saturated rings. The van der Waals surface area contributed by atoms with Gasteiger partial charge in [0.1, 0.15) is 6.10 Å². The number of aromatic nitrogens is 2. The van der Waals surface area contributed by atoms with Gasteiger partial charge in [0.25, 0.3) is 5.56 Å². The summed E-state index contributed by atoms with van der Waals surface area (Å²) in [5.74, 6) is 0. The molecule has 2 aromatic rings. The van der Waals surface area contributed by atoms with Gasteiger partial charge in [-0.3, -0.25) is 14.3 Å². The minimum atomic E-state index is -4.68. The van der Waals surface area contributed by atoms with Crippen molar-refractivity contribution in [1.82, 2.24) is 9.97 Å². The molecule has 3 atom stereocenters. The predicted molar refractivity (Wildman–Crippen MR) is 86.2 cm³/mol. The van der Waals surface area contributed by atoms with Crippen molar-refractivity contribution >= 4 is 18.7 Å². The van der Waals surface area contributed by atoms with E-state index in [1.807, 2.05) is 0 Å². The fourth-order valence-corrected chi connectivity index (χ4v) is 3.29. The first-order valence-corrected chi connectivity index (χ1v) is 8.97. The topological polar surface area (TPSA) is 162 Å². The first-order valence-electron chi connectivity index (χ1n) is 7.44. The smallest absolute Gasteiger partial charge is 0.390 e. The molecule has 11 heteroatoms. The van der Waals surface area contributed by atoms with E-state index >= 15 is 0 Å². The van der Waals surface area contributed by atoms with E-state index in [1.54, 1.807) is 19.1 Å². The van der Waals surface area contributed by atoms with Gasteiger partial charge in [-0.05, 0) is 18.6 Å². The number of nitrogens with one attached hydrogen (secondary N) is 2. The van der Waals surface area contributed by atoms with Crippen LogP contribution in [0.15, 0.2) is 21.7 Å². The minimum Gasteiger partial charge on any atom is -0.390 e. The molecular formula is C14H17N2O8P. The third kappa shape index (κ3) is 3.90. The van der Waals surface area contributed by atoms with Crippen molar-refractivity contribution in [3.05, 3.63) is 44.1 Å². The van der Waals surface area contributed by atoms with Crippen LogP contribution in [0.4, 0.5) is 0 Å². The Kier molecular flexibility index (Phi) is 4.67. The number of phosphoric acid groups is 1. The number of benzene rings is 1. The summed E-state index contributed by atoms with van der Waals surface area (Å²) >= 11 is 0. The maximum atomic E-state index is 12.0. The molecule has 1 aliphatic rings. The fraction of sp³-hybridized carbons (Fsp3) is 0.429. The number of aliphatic hydroxyl groups is 1. The molecular weight excluding hydrogens is 355 g/mol. The number of rotatable bonds is 4. The molecule has 1 aliphatic heterocycles.